The molecule has 0 spiro atoms. The zero-order valence-corrected chi connectivity index (χ0v) is 11.2. The minimum atomic E-state index is -0.947. The van der Waals surface area contributed by atoms with E-state index < -0.39 is 5.97 Å². The Morgan fingerprint density at radius 2 is 2.35 bits per heavy atom. The van der Waals surface area contributed by atoms with Gasteiger partial charge in [0.25, 0.3) is 0 Å². The maximum Gasteiger partial charge on any atom is 0.365 e. The van der Waals surface area contributed by atoms with E-state index in [1.165, 1.54) is 30.6 Å². The van der Waals surface area contributed by atoms with Gasteiger partial charge in [0.2, 0.25) is 5.01 Å². The summed E-state index contributed by atoms with van der Waals surface area (Å²) in [5.41, 5.74) is 0.815. The Morgan fingerprint density at radius 1 is 1.59 bits per heavy atom. The van der Waals surface area contributed by atoms with E-state index >= 15 is 0 Å². The molecule has 96 valence electrons. The molecule has 0 aliphatic carbocycles. The monoisotopic (exact) mass is 256 g/mol. The van der Waals surface area contributed by atoms with Crippen LogP contribution in [0.15, 0.2) is 5.38 Å². The lowest BCUT2D eigenvalue weighted by Crippen LogP contribution is -2.25. The molecule has 0 saturated heterocycles. The van der Waals surface area contributed by atoms with Gasteiger partial charge < -0.3 is 10.4 Å². The lowest BCUT2D eigenvalue weighted by Gasteiger charge is -2.12. The summed E-state index contributed by atoms with van der Waals surface area (Å²) in [5, 5.41) is 14.1. The fourth-order valence-corrected chi connectivity index (χ4v) is 2.22. The summed E-state index contributed by atoms with van der Waals surface area (Å²) in [4.78, 5) is 14.7. The van der Waals surface area contributed by atoms with Gasteiger partial charge in [0.05, 0.1) is 5.69 Å². The molecule has 1 unspecified atom stereocenters. The van der Waals surface area contributed by atoms with Crippen molar-refractivity contribution in [1.82, 2.24) is 10.3 Å². The first kappa shape index (κ1) is 14.1. The molecule has 0 aliphatic heterocycles. The Labute approximate surface area is 106 Å². The summed E-state index contributed by atoms with van der Waals surface area (Å²) in [5.74, 6) is -0.947. The highest BCUT2D eigenvalue weighted by Crippen LogP contribution is 2.10. The predicted octanol–water partition coefficient (Wildman–Crippen LogP) is 2.90. The topological polar surface area (TPSA) is 62.2 Å². The van der Waals surface area contributed by atoms with Gasteiger partial charge in [0.1, 0.15) is 0 Å². The molecule has 0 fully saturated rings. The Hall–Kier alpha value is -0.940. The van der Waals surface area contributed by atoms with Crippen molar-refractivity contribution in [2.75, 3.05) is 0 Å². The molecule has 0 bridgehead atoms. The first-order valence-electron chi connectivity index (χ1n) is 6.04. The highest BCUT2D eigenvalue weighted by atomic mass is 32.1. The van der Waals surface area contributed by atoms with Gasteiger partial charge in [-0.15, -0.1) is 11.3 Å². The van der Waals surface area contributed by atoms with Crippen LogP contribution in [-0.4, -0.2) is 22.1 Å². The zero-order valence-electron chi connectivity index (χ0n) is 10.4. The molecular weight excluding hydrogens is 236 g/mol. The van der Waals surface area contributed by atoms with E-state index in [1.54, 1.807) is 5.38 Å². The maximum absolute atomic E-state index is 10.7. The normalized spacial score (nSPS) is 12.6. The summed E-state index contributed by atoms with van der Waals surface area (Å²) in [6.07, 6.45) is 4.90. The molecule has 4 nitrogen and oxygen atoms in total. The summed E-state index contributed by atoms with van der Waals surface area (Å²) >= 11 is 1.18. The number of aromatic nitrogens is 1. The van der Waals surface area contributed by atoms with Crippen molar-refractivity contribution >= 4 is 17.3 Å². The molecule has 0 aromatic carbocycles. The van der Waals surface area contributed by atoms with Gasteiger partial charge >= 0.3 is 5.97 Å². The molecule has 1 aromatic rings. The van der Waals surface area contributed by atoms with E-state index in [1.807, 2.05) is 0 Å². The molecule has 2 N–H and O–H groups in total. The number of carboxylic acid groups (broad SMARTS) is 1. The van der Waals surface area contributed by atoms with Crippen molar-refractivity contribution in [2.45, 2.75) is 52.1 Å². The second-order valence-corrected chi connectivity index (χ2v) is 5.08. The molecule has 1 aromatic heterocycles. The fraction of sp³-hybridized carbons (Fsp3) is 0.667. The van der Waals surface area contributed by atoms with Crippen molar-refractivity contribution in [3.05, 3.63) is 16.1 Å². The average molecular weight is 256 g/mol. The fourth-order valence-electron chi connectivity index (χ4n) is 1.57. The number of unbranched alkanes of at least 4 members (excludes halogenated alkanes) is 2. The number of carboxylic acids is 1. The number of thiazole rings is 1. The summed E-state index contributed by atoms with van der Waals surface area (Å²) in [7, 11) is 0. The lowest BCUT2D eigenvalue weighted by molar-refractivity contribution is 0.0696. The van der Waals surface area contributed by atoms with Crippen molar-refractivity contribution < 1.29 is 9.90 Å². The van der Waals surface area contributed by atoms with Gasteiger partial charge in [-0.05, 0) is 13.3 Å². The van der Waals surface area contributed by atoms with Crippen LogP contribution in [0.2, 0.25) is 0 Å². The SMILES string of the molecule is CCCCCC(C)NCc1csc(C(=O)O)n1. The van der Waals surface area contributed by atoms with Crippen LogP contribution in [-0.2, 0) is 6.54 Å². The zero-order chi connectivity index (χ0) is 12.7. The van der Waals surface area contributed by atoms with Crippen molar-refractivity contribution in [2.24, 2.45) is 0 Å². The van der Waals surface area contributed by atoms with Crippen LogP contribution in [0.5, 0.6) is 0 Å². The van der Waals surface area contributed by atoms with Crippen LogP contribution in [0.1, 0.15) is 55.0 Å². The van der Waals surface area contributed by atoms with Crippen LogP contribution < -0.4 is 5.32 Å². The quantitative estimate of drug-likeness (QED) is 0.702. The lowest BCUT2D eigenvalue weighted by atomic mass is 10.1. The van der Waals surface area contributed by atoms with E-state index in [0.717, 1.165) is 12.1 Å². The Balaban J connectivity index is 2.26. The van der Waals surface area contributed by atoms with E-state index in [-0.39, 0.29) is 5.01 Å². The van der Waals surface area contributed by atoms with Crippen LogP contribution in [0.3, 0.4) is 0 Å². The van der Waals surface area contributed by atoms with Crippen molar-refractivity contribution in [1.29, 1.82) is 0 Å². The second-order valence-electron chi connectivity index (χ2n) is 4.23. The molecule has 0 amide bonds. The number of hydrogen-bond acceptors (Lipinski definition) is 4. The maximum atomic E-state index is 10.7. The molecule has 0 aliphatic rings. The highest BCUT2D eigenvalue weighted by Gasteiger charge is 2.09. The molecule has 5 heteroatoms. The number of rotatable bonds is 8. The van der Waals surface area contributed by atoms with Gasteiger partial charge in [0.15, 0.2) is 0 Å². The van der Waals surface area contributed by atoms with Gasteiger partial charge in [-0.25, -0.2) is 9.78 Å². The third-order valence-electron chi connectivity index (χ3n) is 2.61. The van der Waals surface area contributed by atoms with Gasteiger partial charge in [-0.3, -0.25) is 0 Å². The standard InChI is InChI=1S/C12H20N2O2S/c1-3-4-5-6-9(2)13-7-10-8-17-11(14-10)12(15)16/h8-9,13H,3-7H2,1-2H3,(H,15,16). The predicted molar refractivity (Wildman–Crippen MR) is 69.5 cm³/mol. The first-order chi connectivity index (χ1) is 8.13. The minimum absolute atomic E-state index is 0.167. The number of aromatic carboxylic acids is 1. The van der Waals surface area contributed by atoms with Crippen LogP contribution >= 0.6 is 11.3 Å². The van der Waals surface area contributed by atoms with Gasteiger partial charge in [-0.2, -0.15) is 0 Å². The Morgan fingerprint density at radius 3 is 2.94 bits per heavy atom. The second kappa shape index (κ2) is 7.40. The number of carbonyl (C=O) groups is 1. The first-order valence-corrected chi connectivity index (χ1v) is 6.92. The summed E-state index contributed by atoms with van der Waals surface area (Å²) in [6, 6.07) is 0.455. The molecule has 1 rings (SSSR count). The smallest absolute Gasteiger partial charge is 0.365 e. The van der Waals surface area contributed by atoms with Gasteiger partial charge in [0, 0.05) is 18.0 Å². The Bertz CT molecular complexity index is 352. The molecule has 0 saturated carbocycles. The largest absolute Gasteiger partial charge is 0.476 e. The van der Waals surface area contributed by atoms with Crippen LogP contribution in [0.25, 0.3) is 0 Å². The third-order valence-corrected chi connectivity index (χ3v) is 3.49. The van der Waals surface area contributed by atoms with E-state index in [9.17, 15) is 4.79 Å². The third kappa shape index (κ3) is 5.28. The van der Waals surface area contributed by atoms with Crippen molar-refractivity contribution in [3.63, 3.8) is 0 Å². The van der Waals surface area contributed by atoms with Gasteiger partial charge in [-0.1, -0.05) is 26.2 Å². The van der Waals surface area contributed by atoms with Crippen LogP contribution in [0.4, 0.5) is 0 Å². The molecule has 1 atom stereocenters. The van der Waals surface area contributed by atoms with Crippen molar-refractivity contribution in [3.8, 4) is 0 Å². The van der Waals surface area contributed by atoms with Crippen LogP contribution in [0, 0.1) is 0 Å². The highest BCUT2D eigenvalue weighted by molar-refractivity contribution is 7.11. The molecule has 1 heterocycles. The number of nitrogens with one attached hydrogen (secondary N) is 1. The average Bonchev–Trinajstić information content (AvgIpc) is 2.75. The number of nitrogens with zero attached hydrogens (tertiary/aromatic N) is 1. The Kier molecular flexibility index (Phi) is 6.15. The summed E-state index contributed by atoms with van der Waals surface area (Å²) < 4.78 is 0. The van der Waals surface area contributed by atoms with E-state index in [0.29, 0.717) is 12.6 Å². The number of hydrogen-bond donors (Lipinski definition) is 2. The molecular formula is C12H20N2O2S. The molecule has 17 heavy (non-hydrogen) atoms. The molecule has 0 radical (unpaired) electrons. The minimum Gasteiger partial charge on any atom is -0.476 e. The van der Waals surface area contributed by atoms with E-state index in [2.05, 4.69) is 24.1 Å². The summed E-state index contributed by atoms with van der Waals surface area (Å²) in [6.45, 7) is 5.00. The van der Waals surface area contributed by atoms with E-state index in [4.69, 9.17) is 5.11 Å².